The molecular weight excluding hydrogens is 404 g/mol. The maximum atomic E-state index is 12.6. The fourth-order valence-electron chi connectivity index (χ4n) is 3.81. The van der Waals surface area contributed by atoms with Crippen molar-refractivity contribution in [1.82, 2.24) is 10.3 Å². The minimum absolute atomic E-state index is 0.0694. The van der Waals surface area contributed by atoms with Gasteiger partial charge in [0.05, 0.1) is 21.1 Å². The molecule has 0 aromatic carbocycles. The number of carbonyl (C=O) groups is 2. The Morgan fingerprint density at radius 1 is 1.28 bits per heavy atom. The first-order chi connectivity index (χ1) is 13.7. The SMILES string of the molecule is Cc1nc(-c2ccc(CCNC(=O)c3oc4c(c3C)C(=O)CC(C)(C)C4)s2)cs1. The Labute approximate surface area is 178 Å². The molecule has 1 amide bonds. The molecule has 0 fully saturated rings. The molecule has 1 aliphatic carbocycles. The Bertz CT molecular complexity index is 1090. The summed E-state index contributed by atoms with van der Waals surface area (Å²) in [6.45, 7) is 8.41. The monoisotopic (exact) mass is 428 g/mol. The molecular formula is C22H24N2O3S2. The number of rotatable bonds is 5. The van der Waals surface area contributed by atoms with Crippen molar-refractivity contribution in [1.29, 1.82) is 0 Å². The van der Waals surface area contributed by atoms with Crippen LogP contribution in [0.3, 0.4) is 0 Å². The third-order valence-corrected chi connectivity index (χ3v) is 7.11. The van der Waals surface area contributed by atoms with Crippen LogP contribution in [0.2, 0.25) is 0 Å². The zero-order valence-corrected chi connectivity index (χ0v) is 18.7. The fourth-order valence-corrected chi connectivity index (χ4v) is 5.46. The van der Waals surface area contributed by atoms with Crippen molar-refractivity contribution in [2.24, 2.45) is 5.41 Å². The van der Waals surface area contributed by atoms with Crippen LogP contribution in [0.15, 0.2) is 21.9 Å². The highest BCUT2D eigenvalue weighted by Gasteiger charge is 2.36. The molecule has 3 aromatic heterocycles. The van der Waals surface area contributed by atoms with Crippen molar-refractivity contribution < 1.29 is 14.0 Å². The number of Topliss-reactive ketones (excluding diaryl/α,β-unsaturated/α-hetero) is 1. The summed E-state index contributed by atoms with van der Waals surface area (Å²) < 4.78 is 5.83. The van der Waals surface area contributed by atoms with Crippen LogP contribution in [0.5, 0.6) is 0 Å². The summed E-state index contributed by atoms with van der Waals surface area (Å²) in [5, 5.41) is 6.06. The maximum Gasteiger partial charge on any atom is 0.287 e. The number of amides is 1. The number of nitrogens with zero attached hydrogens (tertiary/aromatic N) is 1. The third kappa shape index (κ3) is 4.07. The molecule has 7 heteroatoms. The predicted octanol–water partition coefficient (Wildman–Crippen LogP) is 5.21. The first kappa shape index (κ1) is 20.0. The minimum atomic E-state index is -0.255. The molecule has 1 N–H and O–H groups in total. The average molecular weight is 429 g/mol. The van der Waals surface area contributed by atoms with E-state index in [1.165, 1.54) is 4.88 Å². The van der Waals surface area contributed by atoms with Crippen LogP contribution in [-0.4, -0.2) is 23.2 Å². The number of aryl methyl sites for hydroxylation is 1. The van der Waals surface area contributed by atoms with Crippen molar-refractivity contribution >= 4 is 34.4 Å². The van der Waals surface area contributed by atoms with Gasteiger partial charge in [-0.2, -0.15) is 0 Å². The number of carbonyl (C=O) groups excluding carboxylic acids is 2. The molecule has 152 valence electrons. The van der Waals surface area contributed by atoms with Gasteiger partial charge < -0.3 is 9.73 Å². The highest BCUT2D eigenvalue weighted by Crippen LogP contribution is 2.38. The third-order valence-electron chi connectivity index (χ3n) is 5.17. The molecule has 0 radical (unpaired) electrons. The van der Waals surface area contributed by atoms with E-state index in [1.807, 2.05) is 20.8 Å². The van der Waals surface area contributed by atoms with Crippen LogP contribution in [0.25, 0.3) is 10.6 Å². The second-order valence-electron chi connectivity index (χ2n) is 8.32. The lowest BCUT2D eigenvalue weighted by molar-refractivity contribution is 0.0889. The van der Waals surface area contributed by atoms with Crippen LogP contribution in [0.1, 0.15) is 62.4 Å². The normalized spacial score (nSPS) is 15.4. The molecule has 1 aliphatic rings. The van der Waals surface area contributed by atoms with Crippen molar-refractivity contribution in [2.45, 2.75) is 47.0 Å². The van der Waals surface area contributed by atoms with E-state index in [4.69, 9.17) is 4.42 Å². The number of furan rings is 1. The van der Waals surface area contributed by atoms with E-state index in [2.05, 4.69) is 27.8 Å². The Morgan fingerprint density at radius 2 is 2.07 bits per heavy atom. The summed E-state index contributed by atoms with van der Waals surface area (Å²) in [6.07, 6.45) is 1.90. The standard InChI is InChI=1S/C22H24N2O3S2/c1-12-19-16(25)9-22(3,4)10-17(19)27-20(12)21(26)23-8-7-14-5-6-18(29-14)15-11-28-13(2)24-15/h5-6,11H,7-10H2,1-4H3,(H,23,26). The number of aromatic nitrogens is 1. The topological polar surface area (TPSA) is 72.2 Å². The van der Waals surface area contributed by atoms with Crippen molar-refractivity contribution in [3.05, 3.63) is 50.0 Å². The van der Waals surface area contributed by atoms with Gasteiger partial charge in [0.15, 0.2) is 11.5 Å². The molecule has 0 atom stereocenters. The predicted molar refractivity (Wildman–Crippen MR) is 116 cm³/mol. The van der Waals surface area contributed by atoms with Gasteiger partial charge in [0.25, 0.3) is 5.91 Å². The van der Waals surface area contributed by atoms with E-state index in [1.54, 1.807) is 29.6 Å². The lowest BCUT2D eigenvalue weighted by atomic mass is 9.76. The smallest absolute Gasteiger partial charge is 0.287 e. The van der Waals surface area contributed by atoms with Gasteiger partial charge in [0.1, 0.15) is 5.76 Å². The van der Waals surface area contributed by atoms with Gasteiger partial charge in [0.2, 0.25) is 0 Å². The number of hydrogen-bond donors (Lipinski definition) is 1. The van der Waals surface area contributed by atoms with Gasteiger partial charge in [-0.3, -0.25) is 9.59 Å². The number of fused-ring (bicyclic) bond motifs is 1. The van der Waals surface area contributed by atoms with Gasteiger partial charge in [-0.05, 0) is 37.8 Å². The fraction of sp³-hybridized carbons (Fsp3) is 0.409. The first-order valence-electron chi connectivity index (χ1n) is 9.68. The Morgan fingerprint density at radius 3 is 2.79 bits per heavy atom. The average Bonchev–Trinajstić information content (AvgIpc) is 3.33. The van der Waals surface area contributed by atoms with Gasteiger partial charge in [-0.15, -0.1) is 22.7 Å². The lowest BCUT2D eigenvalue weighted by Gasteiger charge is -2.27. The lowest BCUT2D eigenvalue weighted by Crippen LogP contribution is -2.26. The van der Waals surface area contributed by atoms with Crippen LogP contribution in [0, 0.1) is 19.3 Å². The molecule has 5 nitrogen and oxygen atoms in total. The van der Waals surface area contributed by atoms with Crippen molar-refractivity contribution in [3.63, 3.8) is 0 Å². The van der Waals surface area contributed by atoms with E-state index in [9.17, 15) is 9.59 Å². The number of nitrogens with one attached hydrogen (secondary N) is 1. The van der Waals surface area contributed by atoms with Crippen LogP contribution < -0.4 is 5.32 Å². The molecule has 3 aromatic rings. The number of ketones is 1. The highest BCUT2D eigenvalue weighted by atomic mass is 32.1. The molecule has 0 saturated heterocycles. The summed E-state index contributed by atoms with van der Waals surface area (Å²) >= 11 is 3.34. The molecule has 0 spiro atoms. The van der Waals surface area contributed by atoms with Crippen LogP contribution in [0.4, 0.5) is 0 Å². The van der Waals surface area contributed by atoms with Crippen molar-refractivity contribution in [2.75, 3.05) is 6.54 Å². The van der Waals surface area contributed by atoms with E-state index in [0.29, 0.717) is 36.3 Å². The number of thiazole rings is 1. The van der Waals surface area contributed by atoms with E-state index < -0.39 is 0 Å². The highest BCUT2D eigenvalue weighted by molar-refractivity contribution is 7.16. The molecule has 4 rings (SSSR count). The summed E-state index contributed by atoms with van der Waals surface area (Å²) in [5.74, 6) is 0.732. The van der Waals surface area contributed by atoms with E-state index in [0.717, 1.165) is 22.0 Å². The molecule has 29 heavy (non-hydrogen) atoms. The summed E-state index contributed by atoms with van der Waals surface area (Å²) in [4.78, 5) is 32.0. The number of hydrogen-bond acceptors (Lipinski definition) is 6. The van der Waals surface area contributed by atoms with Gasteiger partial charge in [-0.1, -0.05) is 13.8 Å². The molecule has 0 saturated carbocycles. The molecule has 0 aliphatic heterocycles. The minimum Gasteiger partial charge on any atom is -0.455 e. The second kappa shape index (κ2) is 7.54. The Hall–Kier alpha value is -2.25. The molecule has 3 heterocycles. The zero-order valence-electron chi connectivity index (χ0n) is 17.0. The Kier molecular flexibility index (Phi) is 5.21. The second-order valence-corrected chi connectivity index (χ2v) is 10.5. The first-order valence-corrected chi connectivity index (χ1v) is 11.4. The maximum absolute atomic E-state index is 12.6. The van der Waals surface area contributed by atoms with E-state index in [-0.39, 0.29) is 22.9 Å². The van der Waals surface area contributed by atoms with Crippen LogP contribution in [-0.2, 0) is 12.8 Å². The summed E-state index contributed by atoms with van der Waals surface area (Å²) in [5.41, 5.74) is 2.15. The Balaban J connectivity index is 1.40. The van der Waals surface area contributed by atoms with E-state index >= 15 is 0 Å². The van der Waals surface area contributed by atoms with Crippen molar-refractivity contribution in [3.8, 4) is 10.6 Å². The quantitative estimate of drug-likeness (QED) is 0.605. The van der Waals surface area contributed by atoms with Gasteiger partial charge in [0, 0.05) is 35.2 Å². The van der Waals surface area contributed by atoms with Gasteiger partial charge >= 0.3 is 0 Å². The molecule has 0 bridgehead atoms. The summed E-state index contributed by atoms with van der Waals surface area (Å²) in [7, 11) is 0. The number of thiophene rings is 1. The molecule has 0 unspecified atom stereocenters. The van der Waals surface area contributed by atoms with Crippen LogP contribution >= 0.6 is 22.7 Å². The van der Waals surface area contributed by atoms with Gasteiger partial charge in [-0.25, -0.2) is 4.98 Å². The largest absolute Gasteiger partial charge is 0.455 e. The zero-order chi connectivity index (χ0) is 20.8. The summed E-state index contributed by atoms with van der Waals surface area (Å²) in [6, 6.07) is 4.16.